The smallest absolute Gasteiger partial charge is 0.0717 e. The first-order chi connectivity index (χ1) is 8.73. The quantitative estimate of drug-likeness (QED) is 0.510. The van der Waals surface area contributed by atoms with Crippen molar-refractivity contribution in [3.63, 3.8) is 0 Å². The fraction of sp³-hybridized carbons (Fsp3) is 0.400. The molecule has 0 N–H and O–H groups in total. The van der Waals surface area contributed by atoms with E-state index < -0.39 is 0 Å². The number of hydrogen-bond acceptors (Lipinski definition) is 8. The van der Waals surface area contributed by atoms with Gasteiger partial charge >= 0.3 is 0 Å². The van der Waals surface area contributed by atoms with Crippen LogP contribution in [0.1, 0.15) is 0 Å². The maximum atomic E-state index is 2.17. The second kappa shape index (κ2) is 7.87. The van der Waals surface area contributed by atoms with Gasteiger partial charge in [-0.1, -0.05) is 47.0 Å². The molecule has 0 aromatic heterocycles. The van der Waals surface area contributed by atoms with E-state index in [4.69, 9.17) is 0 Å². The van der Waals surface area contributed by atoms with Crippen LogP contribution in [0.3, 0.4) is 0 Å². The third-order valence-electron chi connectivity index (χ3n) is 1.98. The molecule has 2 aliphatic rings. The molecule has 0 saturated carbocycles. The van der Waals surface area contributed by atoms with Crippen molar-refractivity contribution in [2.45, 2.75) is 0 Å². The summed E-state index contributed by atoms with van der Waals surface area (Å²) < 4.78 is 8.77. The summed E-state index contributed by atoms with van der Waals surface area (Å²) in [6, 6.07) is 0. The Morgan fingerprint density at radius 2 is 0.722 bits per heavy atom. The summed E-state index contributed by atoms with van der Waals surface area (Å²) in [5.74, 6) is 0. The van der Waals surface area contributed by atoms with Crippen LogP contribution in [0, 0.1) is 0 Å². The molecule has 0 fully saturated rings. The highest BCUT2D eigenvalue weighted by atomic mass is 32.3. The van der Waals surface area contributed by atoms with Crippen LogP contribution in [-0.4, -0.2) is 25.0 Å². The minimum atomic E-state index is 1.46. The van der Waals surface area contributed by atoms with Crippen LogP contribution < -0.4 is 0 Å². The fourth-order valence-corrected chi connectivity index (χ4v) is 11.5. The van der Waals surface area contributed by atoms with Crippen molar-refractivity contribution in [3.05, 3.63) is 25.4 Å². The van der Waals surface area contributed by atoms with E-state index in [1.165, 1.54) is 25.4 Å². The first-order valence-corrected chi connectivity index (χ1v) is 13.0. The highest BCUT2D eigenvalue weighted by Gasteiger charge is 2.29. The van der Waals surface area contributed by atoms with Crippen LogP contribution in [-0.2, 0) is 0 Å². The van der Waals surface area contributed by atoms with Gasteiger partial charge in [0.05, 0.1) is 25.4 Å². The average Bonchev–Trinajstić information content (AvgIpc) is 3.01. The molecule has 0 atom stereocenters. The predicted molar refractivity (Wildman–Crippen MR) is 106 cm³/mol. The molecule has 0 radical (unpaired) electrons. The molecule has 0 unspecified atom stereocenters. The van der Waals surface area contributed by atoms with E-state index in [0.29, 0.717) is 0 Å². The minimum Gasteiger partial charge on any atom is -0.121 e. The summed E-state index contributed by atoms with van der Waals surface area (Å²) in [4.78, 5) is 0. The van der Waals surface area contributed by atoms with Gasteiger partial charge in [-0.2, -0.15) is 0 Å². The minimum absolute atomic E-state index is 1.46. The van der Waals surface area contributed by atoms with Crippen LogP contribution >= 0.6 is 94.1 Å². The van der Waals surface area contributed by atoms with Gasteiger partial charge in [-0.3, -0.25) is 0 Å². The molecule has 2 rings (SSSR count). The third kappa shape index (κ3) is 3.61. The number of rotatable bonds is 4. The molecule has 18 heavy (non-hydrogen) atoms. The van der Waals surface area contributed by atoms with Crippen LogP contribution in [0.25, 0.3) is 0 Å². The summed E-state index contributed by atoms with van der Waals surface area (Å²) in [5.41, 5.74) is 0. The first-order valence-electron chi connectivity index (χ1n) is 4.83. The second-order valence-electron chi connectivity index (χ2n) is 2.95. The number of hydrogen-bond donors (Lipinski definition) is 0. The van der Waals surface area contributed by atoms with E-state index >= 15 is 0 Å². The van der Waals surface area contributed by atoms with Crippen LogP contribution in [0.4, 0.5) is 0 Å². The molecule has 0 saturated heterocycles. The molecule has 0 bridgehead atoms. The Morgan fingerprint density at radius 1 is 0.500 bits per heavy atom. The van der Waals surface area contributed by atoms with E-state index in [2.05, 4.69) is 25.0 Å². The van der Waals surface area contributed by atoms with Crippen molar-refractivity contribution in [2.75, 3.05) is 25.0 Å². The molecule has 0 aromatic carbocycles. The number of thioether (sulfide) groups is 8. The SMILES string of the molecule is CSC1=C(SC)SC(=C2SC(SC)=C(SC)S2)S1. The Kier molecular flexibility index (Phi) is 7.16. The zero-order chi connectivity index (χ0) is 13.1. The molecule has 0 nitrogen and oxygen atoms in total. The second-order valence-corrected chi connectivity index (χ2v) is 11.8. The van der Waals surface area contributed by atoms with Crippen LogP contribution in [0.5, 0.6) is 0 Å². The molecule has 100 valence electrons. The van der Waals surface area contributed by atoms with Crippen molar-refractivity contribution >= 4 is 94.1 Å². The summed E-state index contributed by atoms with van der Waals surface area (Å²) in [6.45, 7) is 0. The zero-order valence-electron chi connectivity index (χ0n) is 10.3. The topological polar surface area (TPSA) is 0 Å². The Balaban J connectivity index is 2.14. The lowest BCUT2D eigenvalue weighted by atomic mass is 11.2. The molecule has 0 amide bonds. The summed E-state index contributed by atoms with van der Waals surface area (Å²) >= 11 is 15.2. The monoisotopic (exact) mass is 388 g/mol. The molecule has 0 aliphatic carbocycles. The average molecular weight is 389 g/mol. The molecule has 0 aromatic rings. The van der Waals surface area contributed by atoms with Crippen molar-refractivity contribution < 1.29 is 0 Å². The van der Waals surface area contributed by atoms with Crippen LogP contribution in [0.15, 0.2) is 25.4 Å². The first kappa shape index (κ1) is 16.4. The summed E-state index contributed by atoms with van der Waals surface area (Å²) in [6.07, 6.45) is 8.67. The maximum Gasteiger partial charge on any atom is 0.0717 e. The van der Waals surface area contributed by atoms with Gasteiger partial charge in [-0.25, -0.2) is 0 Å². The molecule has 2 heterocycles. The normalized spacial score (nSPS) is 20.7. The lowest BCUT2D eigenvalue weighted by Gasteiger charge is -2.01. The van der Waals surface area contributed by atoms with Gasteiger partial charge in [0.1, 0.15) is 0 Å². The Labute approximate surface area is 143 Å². The summed E-state index contributed by atoms with van der Waals surface area (Å²) in [7, 11) is 0. The van der Waals surface area contributed by atoms with E-state index in [1.54, 1.807) is 0 Å². The van der Waals surface area contributed by atoms with Gasteiger partial charge in [0.15, 0.2) is 0 Å². The largest absolute Gasteiger partial charge is 0.121 e. The van der Waals surface area contributed by atoms with E-state index in [1.807, 2.05) is 94.1 Å². The molecule has 2 aliphatic heterocycles. The lowest BCUT2D eigenvalue weighted by Crippen LogP contribution is -1.67. The zero-order valence-corrected chi connectivity index (χ0v) is 16.8. The standard InChI is InChI=1S/C10H12S8/c1-11-5-6(12-2)16-9(15-5)10-17-7(13-3)8(14-4)18-10/h1-4H3. The van der Waals surface area contributed by atoms with Crippen molar-refractivity contribution in [1.29, 1.82) is 0 Å². The molecular formula is C10H12S8. The Morgan fingerprint density at radius 3 is 0.889 bits per heavy atom. The van der Waals surface area contributed by atoms with Gasteiger partial charge in [-0.15, -0.1) is 47.0 Å². The van der Waals surface area contributed by atoms with Crippen molar-refractivity contribution in [3.8, 4) is 0 Å². The Bertz CT molecular complexity index is 357. The van der Waals surface area contributed by atoms with E-state index in [0.717, 1.165) is 0 Å². The Hall–Kier alpha value is 2.02. The van der Waals surface area contributed by atoms with Gasteiger partial charge < -0.3 is 0 Å². The van der Waals surface area contributed by atoms with Gasteiger partial charge in [0, 0.05) is 0 Å². The van der Waals surface area contributed by atoms with E-state index in [-0.39, 0.29) is 0 Å². The maximum absolute atomic E-state index is 2.17. The summed E-state index contributed by atoms with van der Waals surface area (Å²) in [5, 5.41) is 0. The predicted octanol–water partition coefficient (Wildman–Crippen LogP) is 6.78. The van der Waals surface area contributed by atoms with Crippen molar-refractivity contribution in [1.82, 2.24) is 0 Å². The van der Waals surface area contributed by atoms with Gasteiger partial charge in [0.2, 0.25) is 0 Å². The van der Waals surface area contributed by atoms with Gasteiger partial charge in [-0.05, 0) is 25.0 Å². The van der Waals surface area contributed by atoms with Gasteiger partial charge in [0.25, 0.3) is 0 Å². The highest BCUT2D eigenvalue weighted by Crippen LogP contribution is 2.65. The van der Waals surface area contributed by atoms with Crippen LogP contribution in [0.2, 0.25) is 0 Å². The molecular weight excluding hydrogens is 377 g/mol. The fourth-order valence-electron chi connectivity index (χ4n) is 1.21. The van der Waals surface area contributed by atoms with Crippen molar-refractivity contribution in [2.24, 2.45) is 0 Å². The molecule has 8 heteroatoms. The lowest BCUT2D eigenvalue weighted by molar-refractivity contribution is 2.30. The highest BCUT2D eigenvalue weighted by molar-refractivity contribution is 8.44. The third-order valence-corrected chi connectivity index (χ3v) is 12.9. The van der Waals surface area contributed by atoms with E-state index in [9.17, 15) is 0 Å². The molecule has 0 spiro atoms.